The highest BCUT2D eigenvalue weighted by Gasteiger charge is 2.36. The van der Waals surface area contributed by atoms with Crippen LogP contribution in [0.4, 0.5) is 4.79 Å². The second-order valence-corrected chi connectivity index (χ2v) is 5.44. The largest absolute Gasteiger partial charge is 0.374 e. The van der Waals surface area contributed by atoms with Gasteiger partial charge in [0, 0.05) is 32.7 Å². The molecule has 0 radical (unpaired) electrons. The number of nitrogens with zero attached hydrogens (tertiary/aromatic N) is 2. The van der Waals surface area contributed by atoms with E-state index in [0.717, 1.165) is 32.7 Å². The fourth-order valence-electron chi connectivity index (χ4n) is 3.14. The lowest BCUT2D eigenvalue weighted by Crippen LogP contribution is -2.53. The zero-order valence-electron chi connectivity index (χ0n) is 10.4. The zero-order valence-corrected chi connectivity index (χ0v) is 10.4. The van der Waals surface area contributed by atoms with E-state index in [0.29, 0.717) is 18.2 Å². The van der Waals surface area contributed by atoms with E-state index in [2.05, 4.69) is 17.1 Å². The molecule has 5 heteroatoms. The average Bonchev–Trinajstić information content (AvgIpc) is 2.87. The van der Waals surface area contributed by atoms with E-state index in [-0.39, 0.29) is 6.03 Å². The Kier molecular flexibility index (Phi) is 2.96. The van der Waals surface area contributed by atoms with Crippen LogP contribution in [0.15, 0.2) is 0 Å². The molecule has 0 aliphatic carbocycles. The van der Waals surface area contributed by atoms with Crippen LogP contribution >= 0.6 is 0 Å². The Morgan fingerprint density at radius 3 is 3.06 bits per heavy atom. The monoisotopic (exact) mass is 239 g/mol. The van der Waals surface area contributed by atoms with Crippen molar-refractivity contribution in [2.24, 2.45) is 0 Å². The molecule has 3 fully saturated rings. The Morgan fingerprint density at radius 2 is 2.29 bits per heavy atom. The molecule has 1 N–H and O–H groups in total. The van der Waals surface area contributed by atoms with Crippen LogP contribution in [0.2, 0.25) is 0 Å². The van der Waals surface area contributed by atoms with Crippen molar-refractivity contribution in [3.8, 4) is 0 Å². The van der Waals surface area contributed by atoms with E-state index in [1.807, 2.05) is 4.90 Å². The van der Waals surface area contributed by atoms with Crippen molar-refractivity contribution in [2.45, 2.75) is 38.0 Å². The van der Waals surface area contributed by atoms with Crippen molar-refractivity contribution in [1.82, 2.24) is 15.1 Å². The minimum atomic E-state index is 0.111. The van der Waals surface area contributed by atoms with Gasteiger partial charge in [-0.05, 0) is 19.8 Å². The Morgan fingerprint density at radius 1 is 1.41 bits per heavy atom. The summed E-state index contributed by atoms with van der Waals surface area (Å²) < 4.78 is 5.86. The number of hydrogen-bond acceptors (Lipinski definition) is 3. The van der Waals surface area contributed by atoms with E-state index in [4.69, 9.17) is 4.74 Å². The van der Waals surface area contributed by atoms with Gasteiger partial charge in [0.2, 0.25) is 0 Å². The summed E-state index contributed by atoms with van der Waals surface area (Å²) in [5.41, 5.74) is 0. The molecule has 5 nitrogen and oxygen atoms in total. The fraction of sp³-hybridized carbons (Fsp3) is 0.917. The molecule has 0 aromatic heterocycles. The molecule has 0 saturated carbocycles. The maximum absolute atomic E-state index is 11.5. The van der Waals surface area contributed by atoms with Gasteiger partial charge in [-0.2, -0.15) is 0 Å². The summed E-state index contributed by atoms with van der Waals surface area (Å²) in [6.45, 7) is 6.82. The lowest BCUT2D eigenvalue weighted by Gasteiger charge is -2.37. The third-order valence-electron chi connectivity index (χ3n) is 4.10. The van der Waals surface area contributed by atoms with E-state index in [9.17, 15) is 4.79 Å². The van der Waals surface area contributed by atoms with Crippen LogP contribution in [0.3, 0.4) is 0 Å². The van der Waals surface area contributed by atoms with Crippen molar-refractivity contribution in [3.63, 3.8) is 0 Å². The number of nitrogens with one attached hydrogen (secondary N) is 1. The van der Waals surface area contributed by atoms with Crippen LogP contribution in [0, 0.1) is 0 Å². The molecule has 0 aromatic carbocycles. The number of carbonyl (C=O) groups excluding carboxylic acids is 1. The van der Waals surface area contributed by atoms with Gasteiger partial charge in [0.25, 0.3) is 0 Å². The molecule has 2 amide bonds. The first kappa shape index (κ1) is 11.3. The van der Waals surface area contributed by atoms with Gasteiger partial charge in [-0.3, -0.25) is 4.90 Å². The van der Waals surface area contributed by atoms with Gasteiger partial charge >= 0.3 is 6.03 Å². The summed E-state index contributed by atoms with van der Waals surface area (Å²) in [5.74, 6) is 0. The quantitative estimate of drug-likeness (QED) is 0.752. The first-order chi connectivity index (χ1) is 8.22. The number of ether oxygens (including phenoxy) is 1. The van der Waals surface area contributed by atoms with Gasteiger partial charge in [0.1, 0.15) is 0 Å². The number of piperazine rings is 1. The lowest BCUT2D eigenvalue weighted by atomic mass is 10.1. The summed E-state index contributed by atoms with van der Waals surface area (Å²) in [6.07, 6.45) is 3.20. The standard InChI is InChI=1S/C12H21N3O2/c1-9-2-3-11(17-9)8-14-4-5-15-10(7-14)6-13-12(15)16/h9-11H,2-8H2,1H3,(H,13,16)/t9-,10+,11-/m1/s1. The van der Waals surface area contributed by atoms with Gasteiger partial charge in [-0.15, -0.1) is 0 Å². The van der Waals surface area contributed by atoms with Crippen molar-refractivity contribution >= 4 is 6.03 Å². The topological polar surface area (TPSA) is 44.8 Å². The average molecular weight is 239 g/mol. The number of amides is 2. The van der Waals surface area contributed by atoms with E-state index in [1.54, 1.807) is 0 Å². The van der Waals surface area contributed by atoms with Crippen LogP contribution in [-0.2, 0) is 4.74 Å². The molecule has 17 heavy (non-hydrogen) atoms. The molecular weight excluding hydrogens is 218 g/mol. The maximum atomic E-state index is 11.5. The molecule has 96 valence electrons. The van der Waals surface area contributed by atoms with Gasteiger partial charge < -0.3 is 15.0 Å². The number of urea groups is 1. The first-order valence-electron chi connectivity index (χ1n) is 6.64. The Bertz CT molecular complexity index is 310. The van der Waals surface area contributed by atoms with E-state index >= 15 is 0 Å². The van der Waals surface area contributed by atoms with Gasteiger partial charge in [0.15, 0.2) is 0 Å². The highest BCUT2D eigenvalue weighted by atomic mass is 16.5. The number of rotatable bonds is 2. The molecule has 0 bridgehead atoms. The molecule has 3 aliphatic heterocycles. The van der Waals surface area contributed by atoms with Crippen molar-refractivity contribution in [2.75, 3.05) is 32.7 Å². The van der Waals surface area contributed by atoms with Gasteiger partial charge in [0.05, 0.1) is 18.2 Å². The molecule has 3 saturated heterocycles. The van der Waals surface area contributed by atoms with Crippen LogP contribution in [-0.4, -0.2) is 66.8 Å². The maximum Gasteiger partial charge on any atom is 0.317 e. The van der Waals surface area contributed by atoms with E-state index in [1.165, 1.54) is 12.8 Å². The molecule has 0 aromatic rings. The van der Waals surface area contributed by atoms with Gasteiger partial charge in [-0.1, -0.05) is 0 Å². The summed E-state index contributed by atoms with van der Waals surface area (Å²) in [5, 5.41) is 2.91. The molecule has 3 heterocycles. The number of carbonyl (C=O) groups is 1. The molecular formula is C12H21N3O2. The van der Waals surface area contributed by atoms with Crippen LogP contribution in [0.25, 0.3) is 0 Å². The van der Waals surface area contributed by atoms with Gasteiger partial charge in [-0.25, -0.2) is 4.79 Å². The number of fused-ring (bicyclic) bond motifs is 1. The second kappa shape index (κ2) is 4.46. The second-order valence-electron chi connectivity index (χ2n) is 5.44. The third kappa shape index (κ3) is 2.26. The SMILES string of the molecule is C[C@@H]1CC[C@H](CN2CCN3C(=O)NC[C@H]3C2)O1. The van der Waals surface area contributed by atoms with Crippen LogP contribution in [0.5, 0.6) is 0 Å². The fourth-order valence-corrected chi connectivity index (χ4v) is 3.14. The smallest absolute Gasteiger partial charge is 0.317 e. The minimum Gasteiger partial charge on any atom is -0.374 e. The van der Waals surface area contributed by atoms with Crippen LogP contribution < -0.4 is 5.32 Å². The lowest BCUT2D eigenvalue weighted by molar-refractivity contribution is 0.0175. The highest BCUT2D eigenvalue weighted by molar-refractivity contribution is 5.77. The molecule has 0 unspecified atom stereocenters. The van der Waals surface area contributed by atoms with Crippen molar-refractivity contribution < 1.29 is 9.53 Å². The summed E-state index contributed by atoms with van der Waals surface area (Å²) >= 11 is 0. The normalized spacial score (nSPS) is 38.3. The van der Waals surface area contributed by atoms with Crippen molar-refractivity contribution in [1.29, 1.82) is 0 Å². The molecule has 3 rings (SSSR count). The Hall–Kier alpha value is -0.810. The minimum absolute atomic E-state index is 0.111. The molecule has 3 aliphatic rings. The summed E-state index contributed by atoms with van der Waals surface area (Å²) in [7, 11) is 0. The van der Waals surface area contributed by atoms with Crippen LogP contribution in [0.1, 0.15) is 19.8 Å². The Labute approximate surface area is 102 Å². The van der Waals surface area contributed by atoms with E-state index < -0.39 is 0 Å². The predicted octanol–water partition coefficient (Wildman–Crippen LogP) is 0.263. The molecule has 3 atom stereocenters. The number of hydrogen-bond donors (Lipinski definition) is 1. The summed E-state index contributed by atoms with van der Waals surface area (Å²) in [4.78, 5) is 15.9. The third-order valence-corrected chi connectivity index (χ3v) is 4.10. The summed E-state index contributed by atoms with van der Waals surface area (Å²) in [6, 6.07) is 0.482. The highest BCUT2D eigenvalue weighted by Crippen LogP contribution is 2.21. The first-order valence-corrected chi connectivity index (χ1v) is 6.64. The van der Waals surface area contributed by atoms with Crippen molar-refractivity contribution in [3.05, 3.63) is 0 Å². The Balaban J connectivity index is 1.51. The molecule has 0 spiro atoms. The predicted molar refractivity (Wildman–Crippen MR) is 63.9 cm³/mol. The zero-order chi connectivity index (χ0) is 11.8.